The maximum atomic E-state index is 11.7. The molecule has 0 aliphatic rings. The number of nitrogens with two attached hydrogens (primary N) is 1. The van der Waals surface area contributed by atoms with Gasteiger partial charge in [0.25, 0.3) is 0 Å². The number of thiophene rings is 1. The first-order chi connectivity index (χ1) is 9.20. The van der Waals surface area contributed by atoms with Crippen molar-refractivity contribution in [2.45, 2.75) is 0 Å². The summed E-state index contributed by atoms with van der Waals surface area (Å²) in [6.07, 6.45) is 0. The second-order valence-corrected chi connectivity index (χ2v) is 4.51. The van der Waals surface area contributed by atoms with Gasteiger partial charge in [-0.2, -0.15) is 0 Å². The Kier molecular flexibility index (Phi) is 4.15. The van der Waals surface area contributed by atoms with Gasteiger partial charge in [-0.25, -0.2) is 4.79 Å². The lowest BCUT2D eigenvalue weighted by Crippen LogP contribution is -2.13. The molecule has 2 rings (SSSR count). The average molecular weight is 276 g/mol. The predicted octanol–water partition coefficient (Wildman–Crippen LogP) is 2.23. The Morgan fingerprint density at radius 3 is 2.58 bits per heavy atom. The normalized spacial score (nSPS) is 11.1. The van der Waals surface area contributed by atoms with E-state index in [1.165, 1.54) is 11.3 Å². The van der Waals surface area contributed by atoms with Crippen LogP contribution in [0, 0.1) is 0 Å². The summed E-state index contributed by atoms with van der Waals surface area (Å²) in [7, 11) is 1.55. The maximum absolute atomic E-state index is 11.7. The molecule has 6 heteroatoms. The number of nitrogens with zero attached hydrogens (tertiary/aromatic N) is 1. The molecule has 0 unspecified atom stereocenters. The van der Waals surface area contributed by atoms with Crippen LogP contribution in [0.1, 0.15) is 15.2 Å². The summed E-state index contributed by atoms with van der Waals surface area (Å²) < 4.78 is 5.00. The van der Waals surface area contributed by atoms with Gasteiger partial charge >= 0.3 is 5.97 Å². The van der Waals surface area contributed by atoms with E-state index in [0.717, 1.165) is 4.88 Å². The van der Waals surface area contributed by atoms with E-state index in [9.17, 15) is 4.79 Å². The molecule has 0 aliphatic carbocycles. The Labute approximate surface area is 114 Å². The standard InChI is InChI=1S/C13H12N2O3S/c1-17-10-6-4-9(5-7-10)13(16)18-15-12(14)11-3-2-8-19-11/h2-8H,1H3,(H2,14,15). The highest BCUT2D eigenvalue weighted by molar-refractivity contribution is 7.12. The van der Waals surface area contributed by atoms with Crippen LogP contribution in [-0.4, -0.2) is 18.9 Å². The molecule has 0 saturated carbocycles. The highest BCUT2D eigenvalue weighted by Gasteiger charge is 2.08. The Morgan fingerprint density at radius 2 is 2.00 bits per heavy atom. The maximum Gasteiger partial charge on any atom is 0.365 e. The van der Waals surface area contributed by atoms with Gasteiger partial charge in [-0.05, 0) is 35.7 Å². The molecule has 0 aliphatic heterocycles. The van der Waals surface area contributed by atoms with Gasteiger partial charge in [0, 0.05) is 0 Å². The van der Waals surface area contributed by atoms with E-state index in [2.05, 4.69) is 5.16 Å². The summed E-state index contributed by atoms with van der Waals surface area (Å²) in [5, 5.41) is 5.47. The molecule has 1 aromatic heterocycles. The van der Waals surface area contributed by atoms with Crippen molar-refractivity contribution >= 4 is 23.1 Å². The van der Waals surface area contributed by atoms with Crippen molar-refractivity contribution < 1.29 is 14.4 Å². The van der Waals surface area contributed by atoms with Crippen LogP contribution in [0.2, 0.25) is 0 Å². The van der Waals surface area contributed by atoms with Gasteiger partial charge in [0.05, 0.1) is 17.6 Å². The van der Waals surface area contributed by atoms with Crippen LogP contribution >= 0.6 is 11.3 Å². The number of carbonyl (C=O) groups is 1. The third-order valence-electron chi connectivity index (χ3n) is 2.33. The molecule has 0 radical (unpaired) electrons. The second-order valence-electron chi connectivity index (χ2n) is 3.56. The number of oxime groups is 1. The van der Waals surface area contributed by atoms with Crippen molar-refractivity contribution in [3.63, 3.8) is 0 Å². The Morgan fingerprint density at radius 1 is 1.26 bits per heavy atom. The first kappa shape index (κ1) is 13.1. The summed E-state index contributed by atoms with van der Waals surface area (Å²) in [5.41, 5.74) is 6.05. The summed E-state index contributed by atoms with van der Waals surface area (Å²) in [6.45, 7) is 0. The zero-order valence-corrected chi connectivity index (χ0v) is 11.0. The summed E-state index contributed by atoms with van der Waals surface area (Å²) in [6, 6.07) is 10.2. The molecule has 0 saturated heterocycles. The number of carbonyl (C=O) groups excluding carboxylic acids is 1. The van der Waals surface area contributed by atoms with Crippen molar-refractivity contribution in [3.8, 4) is 5.75 Å². The smallest absolute Gasteiger partial charge is 0.365 e. The van der Waals surface area contributed by atoms with Crippen LogP contribution in [0.25, 0.3) is 0 Å². The number of amidine groups is 1. The zero-order chi connectivity index (χ0) is 13.7. The van der Waals surface area contributed by atoms with Crippen molar-refractivity contribution in [1.82, 2.24) is 0 Å². The molecule has 0 atom stereocenters. The van der Waals surface area contributed by atoms with Gasteiger partial charge in [-0.3, -0.25) is 0 Å². The molecule has 19 heavy (non-hydrogen) atoms. The lowest BCUT2D eigenvalue weighted by atomic mass is 10.2. The lowest BCUT2D eigenvalue weighted by molar-refractivity contribution is 0.0516. The molecule has 5 nitrogen and oxygen atoms in total. The number of rotatable bonds is 4. The van der Waals surface area contributed by atoms with Crippen LogP contribution in [0.3, 0.4) is 0 Å². The Bertz CT molecular complexity index is 576. The van der Waals surface area contributed by atoms with Crippen LogP contribution < -0.4 is 10.5 Å². The van der Waals surface area contributed by atoms with Crippen LogP contribution in [0.4, 0.5) is 0 Å². The topological polar surface area (TPSA) is 73.9 Å². The van der Waals surface area contributed by atoms with Crippen molar-refractivity contribution in [1.29, 1.82) is 0 Å². The fraction of sp³-hybridized carbons (Fsp3) is 0.0769. The molecule has 1 aromatic carbocycles. The highest BCUT2D eigenvalue weighted by Crippen LogP contribution is 2.12. The van der Waals surface area contributed by atoms with E-state index in [1.54, 1.807) is 37.4 Å². The largest absolute Gasteiger partial charge is 0.497 e. The van der Waals surface area contributed by atoms with Gasteiger partial charge in [-0.15, -0.1) is 11.3 Å². The molecule has 0 fully saturated rings. The molecule has 0 amide bonds. The molecule has 2 N–H and O–H groups in total. The molecule has 1 heterocycles. The molecule has 98 valence electrons. The first-order valence-electron chi connectivity index (χ1n) is 5.43. The number of methoxy groups -OCH3 is 1. The quantitative estimate of drug-likeness (QED) is 0.402. The molecular formula is C13H12N2O3S. The highest BCUT2D eigenvalue weighted by atomic mass is 32.1. The van der Waals surface area contributed by atoms with Gasteiger partial charge in [0.1, 0.15) is 5.75 Å². The fourth-order valence-corrected chi connectivity index (χ4v) is 1.96. The van der Waals surface area contributed by atoms with Crippen LogP contribution in [0.5, 0.6) is 5.75 Å². The SMILES string of the molecule is COc1ccc(C(=O)O/N=C(\N)c2cccs2)cc1. The summed E-state index contributed by atoms with van der Waals surface area (Å²) >= 11 is 1.42. The second kappa shape index (κ2) is 6.01. The van der Waals surface area contributed by atoms with Gasteiger partial charge < -0.3 is 15.3 Å². The molecule has 0 bridgehead atoms. The van der Waals surface area contributed by atoms with Crippen molar-refractivity contribution in [2.24, 2.45) is 10.9 Å². The minimum atomic E-state index is -0.567. The zero-order valence-electron chi connectivity index (χ0n) is 10.2. The number of hydrogen-bond donors (Lipinski definition) is 1. The lowest BCUT2D eigenvalue weighted by Gasteiger charge is -2.01. The third kappa shape index (κ3) is 3.32. The monoisotopic (exact) mass is 276 g/mol. The van der Waals surface area contributed by atoms with E-state index < -0.39 is 5.97 Å². The number of ether oxygens (including phenoxy) is 1. The third-order valence-corrected chi connectivity index (χ3v) is 3.22. The van der Waals surface area contributed by atoms with Crippen LogP contribution in [0.15, 0.2) is 46.9 Å². The summed E-state index contributed by atoms with van der Waals surface area (Å²) in [5.74, 6) is 0.275. The van der Waals surface area contributed by atoms with E-state index >= 15 is 0 Å². The average Bonchev–Trinajstić information content (AvgIpc) is 2.98. The van der Waals surface area contributed by atoms with Crippen molar-refractivity contribution in [2.75, 3.05) is 7.11 Å². The van der Waals surface area contributed by atoms with Crippen molar-refractivity contribution in [3.05, 3.63) is 52.2 Å². The van der Waals surface area contributed by atoms with E-state index in [-0.39, 0.29) is 5.84 Å². The van der Waals surface area contributed by atoms with Crippen LogP contribution in [-0.2, 0) is 4.84 Å². The minimum Gasteiger partial charge on any atom is -0.497 e. The Balaban J connectivity index is 2.02. The first-order valence-corrected chi connectivity index (χ1v) is 6.31. The molecule has 2 aromatic rings. The van der Waals surface area contributed by atoms with E-state index in [4.69, 9.17) is 15.3 Å². The van der Waals surface area contributed by atoms with Gasteiger partial charge in [-0.1, -0.05) is 11.2 Å². The molecular weight excluding hydrogens is 264 g/mol. The number of benzene rings is 1. The fourth-order valence-electron chi connectivity index (χ4n) is 1.34. The summed E-state index contributed by atoms with van der Waals surface area (Å²) in [4.78, 5) is 17.2. The minimum absolute atomic E-state index is 0.178. The van der Waals surface area contributed by atoms with E-state index in [0.29, 0.717) is 11.3 Å². The van der Waals surface area contributed by atoms with Gasteiger partial charge in [0.2, 0.25) is 0 Å². The molecule has 0 spiro atoms. The number of hydrogen-bond acceptors (Lipinski definition) is 5. The predicted molar refractivity (Wildman–Crippen MR) is 73.5 cm³/mol. The van der Waals surface area contributed by atoms with E-state index in [1.807, 2.05) is 11.4 Å². The Hall–Kier alpha value is -2.34. The van der Waals surface area contributed by atoms with Gasteiger partial charge in [0.15, 0.2) is 5.84 Å².